The van der Waals surface area contributed by atoms with E-state index < -0.39 is 0 Å². The van der Waals surface area contributed by atoms with Gasteiger partial charge in [-0.3, -0.25) is 9.59 Å². The standard InChI is InChI=1S/C20H28N2O2/c1-14(2)20(3)11-17(20)19(24)21-12-15-6-8-16(9-7-15)13-22-10-4-5-18(22)23/h6-9,14,17H,4-5,10-13H2,1-3H3,(H,21,24). The molecule has 0 spiro atoms. The van der Waals surface area contributed by atoms with Crippen LogP contribution in [0.2, 0.25) is 0 Å². The molecule has 1 saturated carbocycles. The van der Waals surface area contributed by atoms with E-state index in [2.05, 4.69) is 38.2 Å². The van der Waals surface area contributed by atoms with Gasteiger partial charge < -0.3 is 10.2 Å². The van der Waals surface area contributed by atoms with Crippen molar-refractivity contribution in [3.8, 4) is 0 Å². The summed E-state index contributed by atoms with van der Waals surface area (Å²) in [5.41, 5.74) is 2.43. The van der Waals surface area contributed by atoms with Gasteiger partial charge in [-0.1, -0.05) is 45.0 Å². The number of hydrogen-bond donors (Lipinski definition) is 1. The molecule has 1 aliphatic carbocycles. The normalized spacial score (nSPS) is 26.1. The van der Waals surface area contributed by atoms with Crippen molar-refractivity contribution in [2.45, 2.75) is 53.1 Å². The van der Waals surface area contributed by atoms with Crippen LogP contribution in [0.5, 0.6) is 0 Å². The number of nitrogens with one attached hydrogen (secondary N) is 1. The number of benzene rings is 1. The molecule has 1 heterocycles. The van der Waals surface area contributed by atoms with Crippen LogP contribution in [-0.2, 0) is 22.7 Å². The van der Waals surface area contributed by atoms with Crippen LogP contribution in [-0.4, -0.2) is 23.3 Å². The van der Waals surface area contributed by atoms with Gasteiger partial charge in [0.2, 0.25) is 11.8 Å². The Morgan fingerprint density at radius 2 is 1.96 bits per heavy atom. The van der Waals surface area contributed by atoms with Crippen molar-refractivity contribution in [2.24, 2.45) is 17.3 Å². The fourth-order valence-corrected chi connectivity index (χ4v) is 3.58. The summed E-state index contributed by atoms with van der Waals surface area (Å²) in [5, 5.41) is 3.07. The van der Waals surface area contributed by atoms with Gasteiger partial charge in [0, 0.05) is 32.0 Å². The van der Waals surface area contributed by atoms with E-state index in [9.17, 15) is 9.59 Å². The number of nitrogens with zero attached hydrogens (tertiary/aromatic N) is 1. The highest BCUT2D eigenvalue weighted by atomic mass is 16.2. The summed E-state index contributed by atoms with van der Waals surface area (Å²) in [6.45, 7) is 8.73. The number of carbonyl (C=O) groups excluding carboxylic acids is 2. The molecule has 1 N–H and O–H groups in total. The summed E-state index contributed by atoms with van der Waals surface area (Å²) in [7, 11) is 0. The third-order valence-electron chi connectivity index (χ3n) is 5.95. The summed E-state index contributed by atoms with van der Waals surface area (Å²) in [5.74, 6) is 1.14. The lowest BCUT2D eigenvalue weighted by atomic mass is 9.92. The Morgan fingerprint density at radius 3 is 2.50 bits per heavy atom. The Balaban J connectivity index is 1.48. The highest BCUT2D eigenvalue weighted by Crippen LogP contribution is 2.57. The van der Waals surface area contributed by atoms with Gasteiger partial charge in [0.25, 0.3) is 0 Å². The van der Waals surface area contributed by atoms with E-state index in [1.165, 1.54) is 0 Å². The summed E-state index contributed by atoms with van der Waals surface area (Å²) >= 11 is 0. The number of amides is 2. The minimum atomic E-state index is 0.165. The number of rotatable bonds is 6. The van der Waals surface area contributed by atoms with Crippen molar-refractivity contribution in [2.75, 3.05) is 6.54 Å². The Hall–Kier alpha value is -1.84. The molecule has 2 unspecified atom stereocenters. The number of hydrogen-bond acceptors (Lipinski definition) is 2. The lowest BCUT2D eigenvalue weighted by Gasteiger charge is -2.16. The quantitative estimate of drug-likeness (QED) is 0.872. The molecule has 4 nitrogen and oxygen atoms in total. The molecule has 24 heavy (non-hydrogen) atoms. The minimum Gasteiger partial charge on any atom is -0.352 e. The molecule has 0 aromatic heterocycles. The third-order valence-corrected chi connectivity index (χ3v) is 5.95. The third kappa shape index (κ3) is 3.47. The van der Waals surface area contributed by atoms with Crippen LogP contribution in [0.15, 0.2) is 24.3 Å². The maximum Gasteiger partial charge on any atom is 0.223 e. The summed E-state index contributed by atoms with van der Waals surface area (Å²) in [6, 6.07) is 8.21. The largest absolute Gasteiger partial charge is 0.352 e. The second-order valence-corrected chi connectivity index (χ2v) is 7.87. The van der Waals surface area contributed by atoms with E-state index in [1.54, 1.807) is 0 Å². The van der Waals surface area contributed by atoms with Crippen LogP contribution in [0, 0.1) is 17.3 Å². The first-order chi connectivity index (χ1) is 11.4. The average molecular weight is 328 g/mol. The molecule has 4 heteroatoms. The van der Waals surface area contributed by atoms with Crippen molar-refractivity contribution in [1.29, 1.82) is 0 Å². The van der Waals surface area contributed by atoms with Gasteiger partial charge in [-0.15, -0.1) is 0 Å². The SMILES string of the molecule is CC(C)C1(C)CC1C(=O)NCc1ccc(CN2CCCC2=O)cc1. The van der Waals surface area contributed by atoms with Crippen LogP contribution >= 0.6 is 0 Å². The fraction of sp³-hybridized carbons (Fsp3) is 0.600. The summed E-state index contributed by atoms with van der Waals surface area (Å²) < 4.78 is 0. The molecular weight excluding hydrogens is 300 g/mol. The first kappa shape index (κ1) is 17.0. The molecule has 2 amide bonds. The second kappa shape index (κ2) is 6.58. The molecule has 2 fully saturated rings. The molecular formula is C20H28N2O2. The lowest BCUT2D eigenvalue weighted by Crippen LogP contribution is -2.27. The highest BCUT2D eigenvalue weighted by Gasteiger charge is 2.55. The molecule has 0 radical (unpaired) electrons. The molecule has 0 bridgehead atoms. The first-order valence-corrected chi connectivity index (χ1v) is 9.03. The molecule has 130 valence electrons. The first-order valence-electron chi connectivity index (χ1n) is 9.03. The van der Waals surface area contributed by atoms with Crippen molar-refractivity contribution in [1.82, 2.24) is 10.2 Å². The smallest absolute Gasteiger partial charge is 0.223 e. The van der Waals surface area contributed by atoms with Gasteiger partial charge in [0.1, 0.15) is 0 Å². The maximum absolute atomic E-state index is 12.3. The molecule has 1 aromatic rings. The maximum atomic E-state index is 12.3. The molecule has 1 aliphatic heterocycles. The van der Waals surface area contributed by atoms with Gasteiger partial charge in [-0.25, -0.2) is 0 Å². The number of carbonyl (C=O) groups is 2. The average Bonchev–Trinajstić information content (AvgIpc) is 3.12. The Morgan fingerprint density at radius 1 is 1.29 bits per heavy atom. The van der Waals surface area contributed by atoms with Crippen molar-refractivity contribution >= 4 is 11.8 Å². The van der Waals surface area contributed by atoms with E-state index in [-0.39, 0.29) is 23.1 Å². The van der Waals surface area contributed by atoms with Crippen LogP contribution in [0.25, 0.3) is 0 Å². The zero-order chi connectivity index (χ0) is 17.3. The Labute approximate surface area is 144 Å². The molecule has 2 aliphatic rings. The fourth-order valence-electron chi connectivity index (χ4n) is 3.58. The van der Waals surface area contributed by atoms with Crippen molar-refractivity contribution < 1.29 is 9.59 Å². The van der Waals surface area contributed by atoms with Gasteiger partial charge in [0.05, 0.1) is 0 Å². The van der Waals surface area contributed by atoms with E-state index in [4.69, 9.17) is 0 Å². The van der Waals surface area contributed by atoms with E-state index >= 15 is 0 Å². The molecule has 1 saturated heterocycles. The van der Waals surface area contributed by atoms with E-state index in [1.807, 2.05) is 17.0 Å². The van der Waals surface area contributed by atoms with Crippen LogP contribution < -0.4 is 5.32 Å². The predicted octanol–water partition coefficient (Wildman–Crippen LogP) is 3.11. The second-order valence-electron chi connectivity index (χ2n) is 7.87. The van der Waals surface area contributed by atoms with Gasteiger partial charge in [0.15, 0.2) is 0 Å². The Kier molecular flexibility index (Phi) is 4.66. The zero-order valence-electron chi connectivity index (χ0n) is 15.0. The van der Waals surface area contributed by atoms with Gasteiger partial charge in [-0.2, -0.15) is 0 Å². The zero-order valence-corrected chi connectivity index (χ0v) is 15.0. The monoisotopic (exact) mass is 328 g/mol. The molecule has 3 rings (SSSR count). The van der Waals surface area contributed by atoms with E-state index in [0.717, 1.165) is 30.5 Å². The summed E-state index contributed by atoms with van der Waals surface area (Å²) in [4.78, 5) is 25.9. The highest BCUT2D eigenvalue weighted by molar-refractivity contribution is 5.82. The van der Waals surface area contributed by atoms with Crippen molar-refractivity contribution in [3.05, 3.63) is 35.4 Å². The number of likely N-dealkylation sites (tertiary alicyclic amines) is 1. The van der Waals surface area contributed by atoms with Gasteiger partial charge >= 0.3 is 0 Å². The topological polar surface area (TPSA) is 49.4 Å². The Bertz CT molecular complexity index is 623. The van der Waals surface area contributed by atoms with Gasteiger partial charge in [-0.05, 0) is 35.3 Å². The van der Waals surface area contributed by atoms with Crippen molar-refractivity contribution in [3.63, 3.8) is 0 Å². The molecule has 2 atom stereocenters. The lowest BCUT2D eigenvalue weighted by molar-refractivity contribution is -0.128. The van der Waals surface area contributed by atoms with Crippen LogP contribution in [0.3, 0.4) is 0 Å². The van der Waals surface area contributed by atoms with E-state index in [0.29, 0.717) is 25.4 Å². The molecule has 1 aromatic carbocycles. The summed E-state index contributed by atoms with van der Waals surface area (Å²) in [6.07, 6.45) is 2.65. The predicted molar refractivity (Wildman–Crippen MR) is 94.0 cm³/mol. The van der Waals surface area contributed by atoms with Crippen LogP contribution in [0.4, 0.5) is 0 Å². The minimum absolute atomic E-state index is 0.165. The van der Waals surface area contributed by atoms with Crippen LogP contribution in [0.1, 0.15) is 51.2 Å².